The normalized spacial score (nSPS) is 18.8. The number of nitrogens with one attached hydrogen (secondary N) is 1. The van der Waals surface area contributed by atoms with Crippen LogP contribution in [0.4, 0.5) is 0 Å². The number of hydrogen-bond donors (Lipinski definition) is 1. The van der Waals surface area contributed by atoms with E-state index in [1.54, 1.807) is 6.20 Å². The van der Waals surface area contributed by atoms with Gasteiger partial charge in [-0.25, -0.2) is 0 Å². The van der Waals surface area contributed by atoms with Crippen molar-refractivity contribution < 1.29 is 9.59 Å². The molecule has 3 aliphatic rings. The fourth-order valence-corrected chi connectivity index (χ4v) is 6.37. The van der Waals surface area contributed by atoms with Crippen LogP contribution >= 0.6 is 0 Å². The Morgan fingerprint density at radius 3 is 2.16 bits per heavy atom. The number of likely N-dealkylation sites (tertiary alicyclic amines) is 1. The molecule has 2 fully saturated rings. The molecule has 2 aliphatic heterocycles. The van der Waals surface area contributed by atoms with Crippen LogP contribution in [-0.4, -0.2) is 59.8 Å². The number of carbonyl (C=O) groups excluding carboxylic acids is 2. The van der Waals surface area contributed by atoms with Crippen molar-refractivity contribution in [1.82, 2.24) is 20.1 Å². The van der Waals surface area contributed by atoms with Crippen LogP contribution in [0.5, 0.6) is 0 Å². The molecule has 2 amide bonds. The largest absolute Gasteiger partial charge is 0.345 e. The van der Waals surface area contributed by atoms with Gasteiger partial charge in [0, 0.05) is 44.0 Å². The van der Waals surface area contributed by atoms with Gasteiger partial charge in [-0.2, -0.15) is 0 Å². The summed E-state index contributed by atoms with van der Waals surface area (Å²) in [7, 11) is 2.19. The number of nitrogens with zero attached hydrogens (tertiary/aromatic N) is 3. The lowest BCUT2D eigenvalue weighted by molar-refractivity contribution is -0.135. The SMILES string of the molecule is Cc1ccc(C(=C2CCN(C)CC2)c2ccc([C@@H](C)NC(=O)c3cncc(C4=CCN(C(=O)C5(C)CC5)CC4)c3)cc2)cc1. The van der Waals surface area contributed by atoms with Crippen molar-refractivity contribution in [1.29, 1.82) is 0 Å². The number of piperidine rings is 1. The monoisotopic (exact) mass is 588 g/mol. The molecule has 0 bridgehead atoms. The van der Waals surface area contributed by atoms with Gasteiger partial charge in [-0.3, -0.25) is 14.6 Å². The lowest BCUT2D eigenvalue weighted by atomic mass is 9.87. The standard InChI is InChI=1S/C38H44N4O2/c1-26-5-7-30(8-6-26)35(32-13-19-41(4)20-14-32)31-11-9-28(10-12-31)27(2)40-36(43)34-23-33(24-39-25-34)29-15-21-42(22-16-29)37(44)38(3)17-18-38/h5-12,15,23-25,27H,13-14,16-22H2,1-4H3,(H,40,43)/t27-/m1/s1. The summed E-state index contributed by atoms with van der Waals surface area (Å²) in [5.74, 6) is 0.130. The van der Waals surface area contributed by atoms with Crippen molar-refractivity contribution in [2.75, 3.05) is 33.2 Å². The summed E-state index contributed by atoms with van der Waals surface area (Å²) in [6.07, 6.45) is 10.5. The highest BCUT2D eigenvalue weighted by molar-refractivity contribution is 5.95. The third kappa shape index (κ3) is 6.56. The fraction of sp³-hybridized carbons (Fsp3) is 0.395. The Bertz CT molecular complexity index is 1590. The van der Waals surface area contributed by atoms with Gasteiger partial charge in [-0.05, 0) is 92.5 Å². The molecule has 1 atom stereocenters. The maximum atomic E-state index is 13.3. The summed E-state index contributed by atoms with van der Waals surface area (Å²) in [4.78, 5) is 34.8. The van der Waals surface area contributed by atoms with Gasteiger partial charge < -0.3 is 15.1 Å². The molecule has 1 saturated heterocycles. The van der Waals surface area contributed by atoms with E-state index in [0.29, 0.717) is 18.7 Å². The van der Waals surface area contributed by atoms with Crippen LogP contribution in [-0.2, 0) is 4.79 Å². The van der Waals surface area contributed by atoms with Crippen LogP contribution in [0.1, 0.15) is 90.2 Å². The quantitative estimate of drug-likeness (QED) is 0.329. The molecule has 1 saturated carbocycles. The van der Waals surface area contributed by atoms with E-state index in [2.05, 4.69) is 90.7 Å². The predicted octanol–water partition coefficient (Wildman–Crippen LogP) is 6.82. The number of carbonyl (C=O) groups is 2. The van der Waals surface area contributed by atoms with E-state index in [1.165, 1.54) is 27.8 Å². The lowest BCUT2D eigenvalue weighted by Gasteiger charge is -2.29. The van der Waals surface area contributed by atoms with E-state index in [4.69, 9.17) is 0 Å². The highest BCUT2D eigenvalue weighted by Crippen LogP contribution is 2.47. The van der Waals surface area contributed by atoms with Crippen LogP contribution in [0.25, 0.3) is 11.1 Å². The Hall–Kier alpha value is -4.03. The van der Waals surface area contributed by atoms with Crippen molar-refractivity contribution >= 4 is 23.0 Å². The molecule has 0 spiro atoms. The Labute approximate surface area is 261 Å². The topological polar surface area (TPSA) is 65.5 Å². The molecule has 6 rings (SSSR count). The van der Waals surface area contributed by atoms with E-state index in [-0.39, 0.29) is 23.3 Å². The zero-order chi connectivity index (χ0) is 30.8. The maximum absolute atomic E-state index is 13.3. The summed E-state index contributed by atoms with van der Waals surface area (Å²) in [6.45, 7) is 9.70. The van der Waals surface area contributed by atoms with Crippen LogP contribution < -0.4 is 5.32 Å². The third-order valence-electron chi connectivity index (χ3n) is 9.72. The minimum Gasteiger partial charge on any atom is -0.345 e. The lowest BCUT2D eigenvalue weighted by Crippen LogP contribution is -2.38. The van der Waals surface area contributed by atoms with Crippen molar-refractivity contribution in [2.45, 2.75) is 58.9 Å². The van der Waals surface area contributed by atoms with Crippen LogP contribution in [0.2, 0.25) is 0 Å². The van der Waals surface area contributed by atoms with E-state index in [1.807, 2.05) is 24.1 Å². The number of hydrogen-bond acceptors (Lipinski definition) is 4. The minimum atomic E-state index is -0.156. The second kappa shape index (κ2) is 12.5. The number of aromatic nitrogens is 1. The number of aryl methyl sites for hydroxylation is 1. The molecular formula is C38H44N4O2. The first-order valence-electron chi connectivity index (χ1n) is 16.0. The Morgan fingerprint density at radius 1 is 0.886 bits per heavy atom. The molecule has 6 heteroatoms. The Morgan fingerprint density at radius 2 is 1.55 bits per heavy atom. The van der Waals surface area contributed by atoms with Gasteiger partial charge in [0.1, 0.15) is 0 Å². The number of benzene rings is 2. The summed E-state index contributed by atoms with van der Waals surface area (Å²) in [5.41, 5.74) is 10.2. The van der Waals surface area contributed by atoms with Crippen molar-refractivity contribution in [3.8, 4) is 0 Å². The van der Waals surface area contributed by atoms with E-state index in [0.717, 1.165) is 61.9 Å². The molecule has 0 unspecified atom stereocenters. The molecule has 228 valence electrons. The molecule has 2 aromatic carbocycles. The third-order valence-corrected chi connectivity index (χ3v) is 9.72. The summed E-state index contributed by atoms with van der Waals surface area (Å²) in [5, 5.41) is 3.17. The van der Waals surface area contributed by atoms with Crippen LogP contribution in [0.15, 0.2) is 78.6 Å². The van der Waals surface area contributed by atoms with Crippen molar-refractivity contribution in [3.63, 3.8) is 0 Å². The summed E-state index contributed by atoms with van der Waals surface area (Å²) in [6, 6.07) is 19.3. The molecule has 3 aromatic rings. The second-order valence-corrected chi connectivity index (χ2v) is 13.2. The van der Waals surface area contributed by atoms with Crippen molar-refractivity contribution in [2.24, 2.45) is 5.41 Å². The molecule has 0 radical (unpaired) electrons. The van der Waals surface area contributed by atoms with Crippen molar-refractivity contribution in [3.05, 3.63) is 112 Å². The first kappa shape index (κ1) is 30.0. The zero-order valence-corrected chi connectivity index (χ0v) is 26.5. The number of pyridine rings is 1. The average molecular weight is 589 g/mol. The summed E-state index contributed by atoms with van der Waals surface area (Å²) < 4.78 is 0. The second-order valence-electron chi connectivity index (χ2n) is 13.2. The number of amides is 2. The molecule has 3 heterocycles. The van der Waals surface area contributed by atoms with Gasteiger partial charge >= 0.3 is 0 Å². The Kier molecular flexibility index (Phi) is 8.55. The minimum absolute atomic E-state index is 0.139. The van der Waals surface area contributed by atoms with Gasteiger partial charge in [0.25, 0.3) is 5.91 Å². The first-order valence-corrected chi connectivity index (χ1v) is 16.0. The molecule has 1 aliphatic carbocycles. The van der Waals surface area contributed by atoms with Gasteiger partial charge in [-0.15, -0.1) is 0 Å². The van der Waals surface area contributed by atoms with E-state index >= 15 is 0 Å². The maximum Gasteiger partial charge on any atom is 0.253 e. The van der Waals surface area contributed by atoms with E-state index < -0.39 is 0 Å². The average Bonchev–Trinajstić information content (AvgIpc) is 3.81. The molecule has 44 heavy (non-hydrogen) atoms. The van der Waals surface area contributed by atoms with Gasteiger partial charge in [-0.1, -0.05) is 72.7 Å². The molecule has 1 aromatic heterocycles. The molecule has 1 N–H and O–H groups in total. The van der Waals surface area contributed by atoms with E-state index in [9.17, 15) is 9.59 Å². The van der Waals surface area contributed by atoms with Gasteiger partial charge in [0.2, 0.25) is 5.91 Å². The molecule has 6 nitrogen and oxygen atoms in total. The molecular weight excluding hydrogens is 544 g/mol. The highest BCUT2D eigenvalue weighted by Gasteiger charge is 2.47. The number of rotatable bonds is 7. The highest BCUT2D eigenvalue weighted by atomic mass is 16.2. The fourth-order valence-electron chi connectivity index (χ4n) is 6.37. The first-order chi connectivity index (χ1) is 21.2. The summed E-state index contributed by atoms with van der Waals surface area (Å²) >= 11 is 0. The van der Waals surface area contributed by atoms with Crippen LogP contribution in [0.3, 0.4) is 0 Å². The van der Waals surface area contributed by atoms with Gasteiger partial charge in [0.05, 0.1) is 11.6 Å². The van der Waals surface area contributed by atoms with Gasteiger partial charge in [0.15, 0.2) is 0 Å². The smallest absolute Gasteiger partial charge is 0.253 e. The zero-order valence-electron chi connectivity index (χ0n) is 26.5. The van der Waals surface area contributed by atoms with Crippen LogP contribution in [0, 0.1) is 12.3 Å². The Balaban J connectivity index is 1.14. The predicted molar refractivity (Wildman–Crippen MR) is 177 cm³/mol.